The average Bonchev–Trinajstić information content (AvgIpc) is 3.50. The van der Waals surface area contributed by atoms with Crippen LogP contribution in [0.5, 0.6) is 11.6 Å². The van der Waals surface area contributed by atoms with E-state index in [1.807, 2.05) is 56.6 Å². The Kier molecular flexibility index (Phi) is 7.00. The molecule has 2 aromatic carbocycles. The number of hydrogen-bond acceptors (Lipinski definition) is 6. The van der Waals surface area contributed by atoms with Gasteiger partial charge in [-0.2, -0.15) is 0 Å². The van der Waals surface area contributed by atoms with E-state index in [2.05, 4.69) is 27.3 Å². The van der Waals surface area contributed by atoms with Gasteiger partial charge in [0.1, 0.15) is 18.2 Å². The summed E-state index contributed by atoms with van der Waals surface area (Å²) in [5.74, 6) is 0.545. The van der Waals surface area contributed by atoms with Gasteiger partial charge in [-0.1, -0.05) is 30.3 Å². The van der Waals surface area contributed by atoms with Crippen LogP contribution >= 0.6 is 0 Å². The van der Waals surface area contributed by atoms with E-state index in [-0.39, 0.29) is 17.8 Å². The molecule has 0 saturated carbocycles. The molecule has 0 amide bonds. The zero-order chi connectivity index (χ0) is 24.3. The molecule has 2 aliphatic heterocycles. The zero-order valence-corrected chi connectivity index (χ0v) is 20.2. The number of hydrogen-bond donors (Lipinski definition) is 1. The number of likely N-dealkylation sites (N-methyl/N-ethyl adjacent to an activating group) is 1. The van der Waals surface area contributed by atoms with E-state index < -0.39 is 5.72 Å². The third-order valence-electron chi connectivity index (χ3n) is 6.66. The van der Waals surface area contributed by atoms with E-state index in [1.54, 1.807) is 0 Å². The van der Waals surface area contributed by atoms with Crippen LogP contribution in [0.4, 0.5) is 4.39 Å². The van der Waals surface area contributed by atoms with Crippen LogP contribution in [-0.4, -0.2) is 56.4 Å². The molecule has 0 radical (unpaired) electrons. The smallest absolute Gasteiger partial charge is 0.219 e. The zero-order valence-electron chi connectivity index (χ0n) is 20.2. The van der Waals surface area contributed by atoms with Gasteiger partial charge in [0.2, 0.25) is 5.88 Å². The second kappa shape index (κ2) is 10.3. The first-order chi connectivity index (χ1) is 17.0. The highest BCUT2D eigenvalue weighted by Gasteiger charge is 2.52. The molecule has 3 heterocycles. The second-order valence-corrected chi connectivity index (χ2v) is 9.42. The van der Waals surface area contributed by atoms with Crippen LogP contribution in [0.1, 0.15) is 35.4 Å². The molecule has 3 aromatic rings. The molecule has 0 aliphatic carbocycles. The molecular formula is C28H32FN3O3. The highest BCUT2D eigenvalue weighted by Crippen LogP contribution is 2.51. The summed E-state index contributed by atoms with van der Waals surface area (Å²) in [5.41, 5.74) is 1.69. The summed E-state index contributed by atoms with van der Waals surface area (Å²) in [6.07, 6.45) is 3.36. The minimum Gasteiger partial charge on any atom is -0.492 e. The Morgan fingerprint density at radius 1 is 1.14 bits per heavy atom. The van der Waals surface area contributed by atoms with Gasteiger partial charge in [-0.3, -0.25) is 5.32 Å². The Morgan fingerprint density at radius 3 is 2.66 bits per heavy atom. The third kappa shape index (κ3) is 5.03. The predicted molar refractivity (Wildman–Crippen MR) is 132 cm³/mol. The maximum atomic E-state index is 14.4. The maximum absolute atomic E-state index is 14.4. The Labute approximate surface area is 206 Å². The molecule has 1 fully saturated rings. The Hall–Kier alpha value is -3.00. The van der Waals surface area contributed by atoms with Crippen molar-refractivity contribution in [2.75, 3.05) is 40.4 Å². The molecule has 184 valence electrons. The number of aromatic nitrogens is 1. The van der Waals surface area contributed by atoms with E-state index in [0.29, 0.717) is 19.0 Å². The van der Waals surface area contributed by atoms with Gasteiger partial charge in [0, 0.05) is 30.8 Å². The van der Waals surface area contributed by atoms with Crippen LogP contribution in [0.2, 0.25) is 0 Å². The summed E-state index contributed by atoms with van der Waals surface area (Å²) in [6, 6.07) is 19.6. The molecule has 6 nitrogen and oxygen atoms in total. The first-order valence-electron chi connectivity index (χ1n) is 12.2. The van der Waals surface area contributed by atoms with Gasteiger partial charge in [-0.05, 0) is 62.8 Å². The van der Waals surface area contributed by atoms with Crippen molar-refractivity contribution >= 4 is 0 Å². The number of nitrogens with zero attached hydrogens (tertiary/aromatic N) is 2. The van der Waals surface area contributed by atoms with Crippen molar-refractivity contribution in [2.24, 2.45) is 0 Å². The molecule has 5 rings (SSSR count). The standard InChI is InChI=1S/C28H32FN3O3/c1-32(2)14-16-34-23-12-10-21(11-13-23)28(31-19-24-9-6-15-33-24)26(20-7-4-3-5-8-20)25-17-22(29)18-30-27(25)35-28/h3-5,7-8,10-13,17-18,24,26,31H,6,9,14-16,19H2,1-2H3/t24-,26?,28?/m0/s1. The summed E-state index contributed by atoms with van der Waals surface area (Å²) in [6.45, 7) is 2.82. The monoisotopic (exact) mass is 477 g/mol. The number of ether oxygens (including phenoxy) is 3. The highest BCUT2D eigenvalue weighted by molar-refractivity contribution is 5.49. The van der Waals surface area contributed by atoms with Crippen molar-refractivity contribution in [1.82, 2.24) is 15.2 Å². The van der Waals surface area contributed by atoms with E-state index in [0.717, 1.165) is 48.4 Å². The lowest BCUT2D eigenvalue weighted by molar-refractivity contribution is 0.0137. The molecule has 1 aromatic heterocycles. The molecule has 2 aliphatic rings. The predicted octanol–water partition coefficient (Wildman–Crippen LogP) is 4.31. The second-order valence-electron chi connectivity index (χ2n) is 9.42. The van der Waals surface area contributed by atoms with E-state index in [4.69, 9.17) is 14.2 Å². The number of halogens is 1. The summed E-state index contributed by atoms with van der Waals surface area (Å²) < 4.78 is 32.8. The first kappa shape index (κ1) is 23.7. The van der Waals surface area contributed by atoms with E-state index >= 15 is 0 Å². The van der Waals surface area contributed by atoms with Crippen molar-refractivity contribution in [3.63, 3.8) is 0 Å². The Bertz CT molecular complexity index is 1120. The van der Waals surface area contributed by atoms with Gasteiger partial charge < -0.3 is 19.1 Å². The number of fused-ring (bicyclic) bond motifs is 1. The molecule has 1 saturated heterocycles. The third-order valence-corrected chi connectivity index (χ3v) is 6.66. The molecule has 3 atom stereocenters. The minimum absolute atomic E-state index is 0.106. The molecular weight excluding hydrogens is 445 g/mol. The van der Waals surface area contributed by atoms with Crippen LogP contribution in [0.3, 0.4) is 0 Å². The van der Waals surface area contributed by atoms with Crippen LogP contribution in [0, 0.1) is 5.82 Å². The number of pyridine rings is 1. The van der Waals surface area contributed by atoms with Gasteiger partial charge in [-0.15, -0.1) is 0 Å². The van der Waals surface area contributed by atoms with E-state index in [1.165, 1.54) is 12.3 Å². The first-order valence-corrected chi connectivity index (χ1v) is 12.2. The summed E-state index contributed by atoms with van der Waals surface area (Å²) >= 11 is 0. The van der Waals surface area contributed by atoms with Gasteiger partial charge in [0.05, 0.1) is 18.2 Å². The molecule has 7 heteroatoms. The topological polar surface area (TPSA) is 55.9 Å². The quantitative estimate of drug-likeness (QED) is 0.496. The fourth-order valence-corrected chi connectivity index (χ4v) is 4.91. The largest absolute Gasteiger partial charge is 0.492 e. The molecule has 1 N–H and O–H groups in total. The number of benzene rings is 2. The van der Waals surface area contributed by atoms with Crippen molar-refractivity contribution in [1.29, 1.82) is 0 Å². The minimum atomic E-state index is -0.974. The van der Waals surface area contributed by atoms with Crippen LogP contribution in [0.15, 0.2) is 66.9 Å². The lowest BCUT2D eigenvalue weighted by atomic mass is 9.80. The van der Waals surface area contributed by atoms with Crippen molar-refractivity contribution < 1.29 is 18.6 Å². The summed E-state index contributed by atoms with van der Waals surface area (Å²) in [7, 11) is 4.04. The normalized spacial score (nSPS) is 23.3. The Morgan fingerprint density at radius 2 is 1.94 bits per heavy atom. The SMILES string of the molecule is CN(C)CCOc1ccc(C2(NC[C@@H]3CCCO3)Oc3ncc(F)cc3C2c2ccccc2)cc1. The number of rotatable bonds is 9. The molecule has 0 spiro atoms. The van der Waals surface area contributed by atoms with Crippen LogP contribution < -0.4 is 14.8 Å². The maximum Gasteiger partial charge on any atom is 0.219 e. The van der Waals surface area contributed by atoms with Crippen molar-refractivity contribution in [2.45, 2.75) is 30.6 Å². The van der Waals surface area contributed by atoms with Gasteiger partial charge >= 0.3 is 0 Å². The van der Waals surface area contributed by atoms with Crippen molar-refractivity contribution in [3.8, 4) is 11.6 Å². The van der Waals surface area contributed by atoms with Crippen molar-refractivity contribution in [3.05, 3.63) is 89.4 Å². The van der Waals surface area contributed by atoms with Gasteiger partial charge in [0.25, 0.3) is 0 Å². The fraction of sp³-hybridized carbons (Fsp3) is 0.393. The fourth-order valence-electron chi connectivity index (χ4n) is 4.91. The van der Waals surface area contributed by atoms with Gasteiger partial charge in [-0.25, -0.2) is 9.37 Å². The lowest BCUT2D eigenvalue weighted by Crippen LogP contribution is -2.51. The van der Waals surface area contributed by atoms with Crippen LogP contribution in [-0.2, 0) is 10.5 Å². The van der Waals surface area contributed by atoms with E-state index in [9.17, 15) is 4.39 Å². The average molecular weight is 478 g/mol. The molecule has 0 bridgehead atoms. The highest BCUT2D eigenvalue weighted by atomic mass is 19.1. The summed E-state index contributed by atoms with van der Waals surface area (Å²) in [4.78, 5) is 6.39. The lowest BCUT2D eigenvalue weighted by Gasteiger charge is -2.37. The Balaban J connectivity index is 1.54. The van der Waals surface area contributed by atoms with Gasteiger partial charge in [0.15, 0.2) is 5.72 Å². The summed E-state index contributed by atoms with van der Waals surface area (Å²) in [5, 5.41) is 3.69. The number of nitrogens with one attached hydrogen (secondary N) is 1. The molecule has 35 heavy (non-hydrogen) atoms. The molecule has 2 unspecified atom stereocenters. The van der Waals surface area contributed by atoms with Crippen LogP contribution in [0.25, 0.3) is 0 Å².